The Kier molecular flexibility index (Phi) is 3.09. The van der Waals surface area contributed by atoms with Gasteiger partial charge in [0.1, 0.15) is 0 Å². The van der Waals surface area contributed by atoms with E-state index >= 15 is 0 Å². The third kappa shape index (κ3) is 1.58. The second-order valence-electron chi connectivity index (χ2n) is 2.61. The molecular formula is C10H15NO. The van der Waals surface area contributed by atoms with Crippen LogP contribution in [0.25, 0.3) is 0 Å². The molecule has 0 aromatic carbocycles. The summed E-state index contributed by atoms with van der Waals surface area (Å²) < 4.78 is 5.30. The quantitative estimate of drug-likeness (QED) is 0.589. The number of fused-ring (bicyclic) bond motifs is 1. The van der Waals surface area contributed by atoms with E-state index in [0.29, 0.717) is 5.92 Å². The van der Waals surface area contributed by atoms with Crippen molar-refractivity contribution < 1.29 is 4.74 Å². The van der Waals surface area contributed by atoms with Gasteiger partial charge in [-0.05, 0) is 6.07 Å². The molecule has 0 spiro atoms. The molecule has 0 amide bonds. The summed E-state index contributed by atoms with van der Waals surface area (Å²) in [5.41, 5.74) is 1.24. The van der Waals surface area contributed by atoms with Crippen molar-refractivity contribution in [2.45, 2.75) is 26.7 Å². The number of nitrogens with zero attached hydrogens (tertiary/aromatic N) is 1. The minimum Gasteiger partial charge on any atom is -0.477 e. The molecule has 0 N–H and O–H groups in total. The highest BCUT2D eigenvalue weighted by atomic mass is 16.5. The van der Waals surface area contributed by atoms with Crippen LogP contribution in [0.3, 0.4) is 0 Å². The van der Waals surface area contributed by atoms with E-state index in [-0.39, 0.29) is 0 Å². The summed E-state index contributed by atoms with van der Waals surface area (Å²) in [6.07, 6.45) is 1.76. The lowest BCUT2D eigenvalue weighted by molar-refractivity contribution is 0.327. The maximum absolute atomic E-state index is 5.30. The van der Waals surface area contributed by atoms with Gasteiger partial charge in [0, 0.05) is 17.7 Å². The van der Waals surface area contributed by atoms with Crippen LogP contribution >= 0.6 is 0 Å². The van der Waals surface area contributed by atoms with Gasteiger partial charge in [0.25, 0.3) is 0 Å². The molecule has 0 radical (unpaired) electrons. The Morgan fingerprint density at radius 1 is 1.50 bits per heavy atom. The van der Waals surface area contributed by atoms with Gasteiger partial charge in [-0.25, -0.2) is 4.98 Å². The highest BCUT2D eigenvalue weighted by molar-refractivity contribution is 5.32. The number of rotatable bonds is 0. The summed E-state index contributed by atoms with van der Waals surface area (Å²) in [6.45, 7) is 6.93. The molecule has 1 aromatic heterocycles. The van der Waals surface area contributed by atoms with E-state index in [9.17, 15) is 0 Å². The molecule has 12 heavy (non-hydrogen) atoms. The van der Waals surface area contributed by atoms with E-state index in [2.05, 4.69) is 18.0 Å². The maximum atomic E-state index is 5.30. The maximum Gasteiger partial charge on any atom is 0.216 e. The topological polar surface area (TPSA) is 22.1 Å². The molecular weight excluding hydrogens is 150 g/mol. The summed E-state index contributed by atoms with van der Waals surface area (Å²) in [4.78, 5) is 4.09. The molecule has 2 heterocycles. The first-order valence-electron chi connectivity index (χ1n) is 4.45. The smallest absolute Gasteiger partial charge is 0.216 e. The standard InChI is InChI=1S/C8H9NO.C2H6/c1-6-5-10-8-7(6)3-2-4-9-8;1-2/h2-4,6H,5H2,1H3;1-2H3. The van der Waals surface area contributed by atoms with E-state index in [0.717, 1.165) is 12.5 Å². The van der Waals surface area contributed by atoms with Crippen LogP contribution in [-0.2, 0) is 0 Å². The zero-order valence-corrected chi connectivity index (χ0v) is 7.87. The van der Waals surface area contributed by atoms with Gasteiger partial charge in [0.05, 0.1) is 6.61 Å². The van der Waals surface area contributed by atoms with Crippen molar-refractivity contribution in [2.75, 3.05) is 6.61 Å². The molecule has 1 unspecified atom stereocenters. The van der Waals surface area contributed by atoms with Crippen molar-refractivity contribution in [3.63, 3.8) is 0 Å². The molecule has 2 nitrogen and oxygen atoms in total. The van der Waals surface area contributed by atoms with E-state index in [4.69, 9.17) is 4.74 Å². The number of hydrogen-bond acceptors (Lipinski definition) is 2. The molecule has 1 aliphatic rings. The van der Waals surface area contributed by atoms with Gasteiger partial charge in [0.2, 0.25) is 5.88 Å². The Balaban J connectivity index is 0.000000336. The van der Waals surface area contributed by atoms with Crippen molar-refractivity contribution >= 4 is 0 Å². The Hall–Kier alpha value is -1.05. The Morgan fingerprint density at radius 3 is 2.92 bits per heavy atom. The number of ether oxygens (including phenoxy) is 1. The molecule has 1 atom stereocenters. The Morgan fingerprint density at radius 2 is 2.25 bits per heavy atom. The fourth-order valence-electron chi connectivity index (χ4n) is 1.19. The van der Waals surface area contributed by atoms with Gasteiger partial charge < -0.3 is 4.74 Å². The minimum atomic E-state index is 0.517. The predicted molar refractivity (Wildman–Crippen MR) is 49.5 cm³/mol. The summed E-state index contributed by atoms with van der Waals surface area (Å²) >= 11 is 0. The average Bonchev–Trinajstić information content (AvgIpc) is 2.53. The van der Waals surface area contributed by atoms with E-state index < -0.39 is 0 Å². The van der Waals surface area contributed by atoms with Crippen LogP contribution in [0.15, 0.2) is 18.3 Å². The summed E-state index contributed by atoms with van der Waals surface area (Å²) in [7, 11) is 0. The lowest BCUT2D eigenvalue weighted by Gasteiger charge is -1.95. The van der Waals surface area contributed by atoms with Gasteiger partial charge in [-0.1, -0.05) is 26.8 Å². The first-order valence-corrected chi connectivity index (χ1v) is 4.45. The molecule has 0 bridgehead atoms. The molecule has 2 rings (SSSR count). The van der Waals surface area contributed by atoms with Crippen molar-refractivity contribution in [3.8, 4) is 5.88 Å². The summed E-state index contributed by atoms with van der Waals surface area (Å²) in [6, 6.07) is 4.02. The SMILES string of the molecule is CC.CC1COc2ncccc21. The number of aromatic nitrogens is 1. The molecule has 0 aliphatic carbocycles. The number of pyridine rings is 1. The van der Waals surface area contributed by atoms with E-state index in [1.165, 1.54) is 5.56 Å². The van der Waals surface area contributed by atoms with Crippen LogP contribution in [0.2, 0.25) is 0 Å². The fraction of sp³-hybridized carbons (Fsp3) is 0.500. The van der Waals surface area contributed by atoms with Crippen molar-refractivity contribution in [1.82, 2.24) is 4.98 Å². The van der Waals surface area contributed by atoms with E-state index in [1.807, 2.05) is 19.9 Å². The van der Waals surface area contributed by atoms with Crippen LogP contribution < -0.4 is 4.74 Å². The van der Waals surface area contributed by atoms with Crippen LogP contribution in [0.1, 0.15) is 32.3 Å². The van der Waals surface area contributed by atoms with Crippen LogP contribution in [0, 0.1) is 0 Å². The fourth-order valence-corrected chi connectivity index (χ4v) is 1.19. The van der Waals surface area contributed by atoms with Crippen molar-refractivity contribution in [2.24, 2.45) is 0 Å². The van der Waals surface area contributed by atoms with Gasteiger partial charge in [0.15, 0.2) is 0 Å². The second-order valence-corrected chi connectivity index (χ2v) is 2.61. The normalized spacial score (nSPS) is 18.8. The average molecular weight is 165 g/mol. The highest BCUT2D eigenvalue weighted by Gasteiger charge is 2.19. The van der Waals surface area contributed by atoms with Crippen molar-refractivity contribution in [3.05, 3.63) is 23.9 Å². The van der Waals surface area contributed by atoms with Crippen LogP contribution in [-0.4, -0.2) is 11.6 Å². The second kappa shape index (κ2) is 4.10. The van der Waals surface area contributed by atoms with Gasteiger partial charge in [-0.15, -0.1) is 0 Å². The molecule has 66 valence electrons. The molecule has 1 aliphatic heterocycles. The van der Waals surface area contributed by atoms with E-state index in [1.54, 1.807) is 6.20 Å². The lowest BCUT2D eigenvalue weighted by atomic mass is 10.1. The van der Waals surface area contributed by atoms with Crippen LogP contribution in [0.4, 0.5) is 0 Å². The monoisotopic (exact) mass is 165 g/mol. The third-order valence-corrected chi connectivity index (χ3v) is 1.80. The van der Waals surface area contributed by atoms with Crippen molar-refractivity contribution in [1.29, 1.82) is 0 Å². The molecule has 1 aromatic rings. The first kappa shape index (κ1) is 9.04. The minimum absolute atomic E-state index is 0.517. The van der Waals surface area contributed by atoms with Crippen LogP contribution in [0.5, 0.6) is 5.88 Å². The zero-order chi connectivity index (χ0) is 8.97. The van der Waals surface area contributed by atoms with Gasteiger partial charge in [-0.2, -0.15) is 0 Å². The molecule has 0 fully saturated rings. The number of hydrogen-bond donors (Lipinski definition) is 0. The molecule has 2 heteroatoms. The summed E-state index contributed by atoms with van der Waals surface area (Å²) in [5.74, 6) is 1.33. The lowest BCUT2D eigenvalue weighted by Crippen LogP contribution is -1.93. The van der Waals surface area contributed by atoms with Gasteiger partial charge >= 0.3 is 0 Å². The van der Waals surface area contributed by atoms with Gasteiger partial charge in [-0.3, -0.25) is 0 Å². The highest BCUT2D eigenvalue weighted by Crippen LogP contribution is 2.30. The largest absolute Gasteiger partial charge is 0.477 e. The molecule has 0 saturated heterocycles. The zero-order valence-electron chi connectivity index (χ0n) is 7.87. The Bertz CT molecular complexity index is 247. The Labute approximate surface area is 73.6 Å². The molecule has 0 saturated carbocycles. The third-order valence-electron chi connectivity index (χ3n) is 1.80. The first-order chi connectivity index (χ1) is 5.88. The summed E-state index contributed by atoms with van der Waals surface area (Å²) in [5, 5.41) is 0. The predicted octanol–water partition coefficient (Wildman–Crippen LogP) is 2.60.